The number of aliphatic carboxylic acids is 1. The molecule has 1 aliphatic rings. The van der Waals surface area contributed by atoms with Gasteiger partial charge in [0.2, 0.25) is 11.8 Å². The maximum Gasteiger partial charge on any atom is 0.408 e. The van der Waals surface area contributed by atoms with Crippen LogP contribution in [0.15, 0.2) is 35.3 Å². The van der Waals surface area contributed by atoms with E-state index in [0.717, 1.165) is 5.56 Å². The van der Waals surface area contributed by atoms with Crippen molar-refractivity contribution >= 4 is 35.8 Å². The van der Waals surface area contributed by atoms with Gasteiger partial charge in [0.1, 0.15) is 30.3 Å². The van der Waals surface area contributed by atoms with Gasteiger partial charge in [-0.05, 0) is 52.0 Å². The molecule has 1 aromatic rings. The molecular weight excluding hydrogens is 536 g/mol. The number of nitrogens with two attached hydrogens (primary N) is 2. The number of amides is 3. The summed E-state index contributed by atoms with van der Waals surface area (Å²) in [6.45, 7) is 5.28. The predicted octanol–water partition coefficient (Wildman–Crippen LogP) is 0.627. The number of hydrogen-bond acceptors (Lipinski definition) is 8. The second-order valence-electron chi connectivity index (χ2n) is 10.6. The van der Waals surface area contributed by atoms with E-state index in [1.54, 1.807) is 45.0 Å². The lowest BCUT2D eigenvalue weighted by Crippen LogP contribution is -2.56. The Morgan fingerprint density at radius 2 is 1.78 bits per heavy atom. The molecule has 0 bridgehead atoms. The summed E-state index contributed by atoms with van der Waals surface area (Å²) in [6, 6.07) is 5.34. The number of benzene rings is 1. The fourth-order valence-electron chi connectivity index (χ4n) is 4.15. The number of carboxylic acids is 1. The van der Waals surface area contributed by atoms with E-state index in [1.165, 1.54) is 4.90 Å². The monoisotopic (exact) mass is 576 g/mol. The smallest absolute Gasteiger partial charge is 0.408 e. The highest BCUT2D eigenvalue weighted by molar-refractivity contribution is 5.95. The summed E-state index contributed by atoms with van der Waals surface area (Å²) in [7, 11) is 0. The number of esters is 1. The third kappa shape index (κ3) is 11.7. The molecule has 7 N–H and O–H groups in total. The third-order valence-electron chi connectivity index (χ3n) is 6.00. The molecule has 14 nitrogen and oxygen atoms in total. The van der Waals surface area contributed by atoms with Crippen molar-refractivity contribution in [2.24, 2.45) is 16.5 Å². The predicted molar refractivity (Wildman–Crippen MR) is 148 cm³/mol. The van der Waals surface area contributed by atoms with Crippen molar-refractivity contribution < 1.29 is 38.6 Å². The molecular formula is C27H40N6O8. The van der Waals surface area contributed by atoms with Crippen LogP contribution in [-0.2, 0) is 35.3 Å². The van der Waals surface area contributed by atoms with Crippen LogP contribution in [0.4, 0.5) is 4.79 Å². The number of nitrogens with one attached hydrogen (secondary N) is 2. The Morgan fingerprint density at radius 1 is 1.10 bits per heavy atom. The molecule has 1 aliphatic heterocycles. The van der Waals surface area contributed by atoms with Gasteiger partial charge in [0.05, 0.1) is 6.42 Å². The molecule has 3 amide bonds. The SMILES string of the molecule is CC(C)(C)OC(=O)N[C@@H](CC(=O)OCc1ccccc1)C(=O)N1CCC[C@@H]1C(=O)N[C@H](CCCN=C(N)N)C(=O)O. The Morgan fingerprint density at radius 3 is 2.39 bits per heavy atom. The number of guanidine groups is 1. The molecule has 3 atom stereocenters. The molecule has 0 saturated carbocycles. The summed E-state index contributed by atoms with van der Waals surface area (Å²) in [5.74, 6) is -3.46. The second kappa shape index (κ2) is 15.4. The van der Waals surface area contributed by atoms with E-state index in [1.807, 2.05) is 6.07 Å². The zero-order valence-corrected chi connectivity index (χ0v) is 23.6. The normalized spacial score (nSPS) is 16.2. The zero-order valence-electron chi connectivity index (χ0n) is 23.6. The molecule has 0 aliphatic carbocycles. The van der Waals surface area contributed by atoms with Crippen LogP contribution in [0.2, 0.25) is 0 Å². The minimum Gasteiger partial charge on any atom is -0.480 e. The summed E-state index contributed by atoms with van der Waals surface area (Å²) in [6.07, 6.45) is -0.319. The first-order valence-corrected chi connectivity index (χ1v) is 13.3. The maximum atomic E-state index is 13.6. The largest absolute Gasteiger partial charge is 0.480 e. The van der Waals surface area contributed by atoms with Crippen LogP contribution in [0.3, 0.4) is 0 Å². The molecule has 0 spiro atoms. The van der Waals surface area contributed by atoms with Gasteiger partial charge < -0.3 is 41.6 Å². The Balaban J connectivity index is 2.12. The summed E-state index contributed by atoms with van der Waals surface area (Å²) in [5, 5.41) is 14.5. The summed E-state index contributed by atoms with van der Waals surface area (Å²) < 4.78 is 10.6. The Bertz CT molecular complexity index is 1100. The Labute approximate surface area is 238 Å². The fraction of sp³-hybridized carbons (Fsp3) is 0.556. The number of likely N-dealkylation sites (tertiary alicyclic amines) is 1. The van der Waals surface area contributed by atoms with E-state index in [-0.39, 0.29) is 38.5 Å². The van der Waals surface area contributed by atoms with Gasteiger partial charge in [-0.2, -0.15) is 0 Å². The first-order valence-electron chi connectivity index (χ1n) is 13.3. The minimum atomic E-state index is -1.38. The summed E-state index contributed by atoms with van der Waals surface area (Å²) in [5.41, 5.74) is 10.4. The highest BCUT2D eigenvalue weighted by Crippen LogP contribution is 2.20. The molecule has 0 radical (unpaired) electrons. The number of carbonyl (C=O) groups is 5. The first-order chi connectivity index (χ1) is 19.3. The molecule has 0 aromatic heterocycles. The van der Waals surface area contributed by atoms with Crippen molar-refractivity contribution in [2.75, 3.05) is 13.1 Å². The van der Waals surface area contributed by atoms with Crippen LogP contribution in [0.5, 0.6) is 0 Å². The van der Waals surface area contributed by atoms with Crippen molar-refractivity contribution in [1.82, 2.24) is 15.5 Å². The number of hydrogen-bond donors (Lipinski definition) is 5. The maximum absolute atomic E-state index is 13.6. The molecule has 2 rings (SSSR count). The van der Waals surface area contributed by atoms with Gasteiger partial charge in [-0.15, -0.1) is 0 Å². The number of carbonyl (C=O) groups excluding carboxylic acids is 4. The minimum absolute atomic E-state index is 0.0263. The van der Waals surface area contributed by atoms with E-state index in [9.17, 15) is 29.1 Å². The molecule has 226 valence electrons. The van der Waals surface area contributed by atoms with Crippen LogP contribution < -0.4 is 22.1 Å². The average molecular weight is 577 g/mol. The van der Waals surface area contributed by atoms with Crippen LogP contribution in [0, 0.1) is 0 Å². The highest BCUT2D eigenvalue weighted by atomic mass is 16.6. The van der Waals surface area contributed by atoms with Gasteiger partial charge >= 0.3 is 18.0 Å². The number of aliphatic imine (C=N–C) groups is 1. The van der Waals surface area contributed by atoms with E-state index < -0.39 is 60.0 Å². The van der Waals surface area contributed by atoms with E-state index in [0.29, 0.717) is 12.8 Å². The van der Waals surface area contributed by atoms with Crippen molar-refractivity contribution in [3.63, 3.8) is 0 Å². The summed E-state index contributed by atoms with van der Waals surface area (Å²) >= 11 is 0. The van der Waals surface area contributed by atoms with E-state index >= 15 is 0 Å². The van der Waals surface area contributed by atoms with E-state index in [2.05, 4.69) is 15.6 Å². The lowest BCUT2D eigenvalue weighted by atomic mass is 10.1. The fourth-order valence-corrected chi connectivity index (χ4v) is 4.15. The topological polar surface area (TPSA) is 216 Å². The van der Waals surface area contributed by atoms with Crippen LogP contribution in [0.1, 0.15) is 58.4 Å². The molecule has 14 heteroatoms. The number of nitrogens with zero attached hydrogens (tertiary/aromatic N) is 2. The molecule has 1 heterocycles. The van der Waals surface area contributed by atoms with Crippen molar-refractivity contribution in [2.45, 2.75) is 83.2 Å². The average Bonchev–Trinajstić information content (AvgIpc) is 3.38. The lowest BCUT2D eigenvalue weighted by molar-refractivity contribution is -0.149. The molecule has 0 unspecified atom stereocenters. The summed E-state index contributed by atoms with van der Waals surface area (Å²) in [4.78, 5) is 68.6. The van der Waals surface area contributed by atoms with E-state index in [4.69, 9.17) is 20.9 Å². The second-order valence-corrected chi connectivity index (χ2v) is 10.6. The van der Waals surface area contributed by atoms with Gasteiger partial charge in [-0.3, -0.25) is 19.4 Å². The van der Waals surface area contributed by atoms with Gasteiger partial charge in [0, 0.05) is 13.1 Å². The molecule has 1 saturated heterocycles. The number of carboxylic acid groups (broad SMARTS) is 1. The number of alkyl carbamates (subject to hydrolysis) is 1. The van der Waals surface area contributed by atoms with Crippen molar-refractivity contribution in [3.8, 4) is 0 Å². The molecule has 1 aromatic carbocycles. The quantitative estimate of drug-likeness (QED) is 0.0955. The Kier molecular flexibility index (Phi) is 12.4. The van der Waals surface area contributed by atoms with Gasteiger partial charge in [-0.1, -0.05) is 30.3 Å². The number of rotatable bonds is 13. The van der Waals surface area contributed by atoms with Crippen LogP contribution in [-0.4, -0.2) is 82.6 Å². The van der Waals surface area contributed by atoms with Crippen LogP contribution >= 0.6 is 0 Å². The Hall–Kier alpha value is -4.36. The van der Waals surface area contributed by atoms with Gasteiger partial charge in [-0.25, -0.2) is 9.59 Å². The lowest BCUT2D eigenvalue weighted by Gasteiger charge is -2.29. The van der Waals surface area contributed by atoms with Crippen molar-refractivity contribution in [1.29, 1.82) is 0 Å². The van der Waals surface area contributed by atoms with Gasteiger partial charge in [0.15, 0.2) is 5.96 Å². The standard InChI is InChI=1S/C27H40N6O8/c1-27(2,3)41-26(39)32-19(15-21(34)40-16-17-9-5-4-6-10-17)23(36)33-14-8-12-20(33)22(35)31-18(24(37)38)11-7-13-30-25(28)29/h4-6,9-10,18-20H,7-8,11-16H2,1-3H3,(H,31,35)(H,32,39)(H,37,38)(H4,28,29,30)/t18-,19+,20-/m1/s1. The molecule has 41 heavy (non-hydrogen) atoms. The zero-order chi connectivity index (χ0) is 30.6. The van der Waals surface area contributed by atoms with Crippen molar-refractivity contribution in [3.05, 3.63) is 35.9 Å². The highest BCUT2D eigenvalue weighted by Gasteiger charge is 2.40. The number of ether oxygens (including phenoxy) is 2. The first kappa shape index (κ1) is 32.8. The van der Waals surface area contributed by atoms with Crippen LogP contribution in [0.25, 0.3) is 0 Å². The third-order valence-corrected chi connectivity index (χ3v) is 6.00. The van der Waals surface area contributed by atoms with Gasteiger partial charge in [0.25, 0.3) is 0 Å². The molecule has 1 fully saturated rings.